The van der Waals surface area contributed by atoms with Gasteiger partial charge in [-0.1, -0.05) is 6.92 Å². The van der Waals surface area contributed by atoms with Crippen molar-refractivity contribution in [3.63, 3.8) is 0 Å². The van der Waals surface area contributed by atoms with Gasteiger partial charge in [-0.25, -0.2) is 18.7 Å². The summed E-state index contributed by atoms with van der Waals surface area (Å²) in [5.41, 5.74) is -0.175. The highest BCUT2D eigenvalue weighted by Crippen LogP contribution is 2.31. The minimum absolute atomic E-state index is 0.0105. The van der Waals surface area contributed by atoms with Crippen LogP contribution in [0, 0.1) is 11.6 Å². The number of fused-ring (bicyclic) bond motifs is 1. The number of rotatable bonds is 4. The van der Waals surface area contributed by atoms with Gasteiger partial charge in [0.05, 0.1) is 15.7 Å². The molecular weight excluding hydrogens is 439 g/mol. The second-order valence-electron chi connectivity index (χ2n) is 6.53. The van der Waals surface area contributed by atoms with Crippen molar-refractivity contribution in [2.45, 2.75) is 18.0 Å². The van der Waals surface area contributed by atoms with Crippen molar-refractivity contribution < 1.29 is 26.2 Å². The Morgan fingerprint density at radius 1 is 1.00 bits per heavy atom. The fraction of sp³-hybridized carbons (Fsp3) is 0.150. The number of hydrogen-bond donors (Lipinski definition) is 0. The molecule has 4 aromatic rings. The van der Waals surface area contributed by atoms with Crippen LogP contribution in [0.1, 0.15) is 12.6 Å². The first-order valence-corrected chi connectivity index (χ1v) is 10.2. The molecule has 3 heterocycles. The minimum atomic E-state index is -4.62. The lowest BCUT2D eigenvalue weighted by Crippen LogP contribution is -2.08. The number of hydrogen-bond acceptors (Lipinski definition) is 4. The standard InChI is InChI=1S/C20H13F5N4OS/c1-2-31(30)16-5-12(11-3-13(21)6-14(22)4-11)8-26-19(16)15-9-29-10-27-17(20(23,24)25)7-18(29)28-15/h3-10H,2H2,1H3. The molecule has 11 heteroatoms. The zero-order chi connectivity index (χ0) is 22.3. The van der Waals surface area contributed by atoms with Crippen LogP contribution in [0.5, 0.6) is 0 Å². The molecule has 0 aliphatic rings. The normalized spacial score (nSPS) is 13.0. The van der Waals surface area contributed by atoms with Crippen molar-refractivity contribution in [2.75, 3.05) is 5.75 Å². The van der Waals surface area contributed by atoms with E-state index in [9.17, 15) is 26.2 Å². The van der Waals surface area contributed by atoms with Crippen molar-refractivity contribution in [1.82, 2.24) is 19.4 Å². The molecule has 4 rings (SSSR count). The van der Waals surface area contributed by atoms with Gasteiger partial charge in [-0.2, -0.15) is 13.2 Å². The van der Waals surface area contributed by atoms with Crippen molar-refractivity contribution in [3.8, 4) is 22.5 Å². The smallest absolute Gasteiger partial charge is 0.290 e. The van der Waals surface area contributed by atoms with Crippen LogP contribution in [0.4, 0.5) is 22.0 Å². The van der Waals surface area contributed by atoms with Gasteiger partial charge in [-0.05, 0) is 23.8 Å². The molecule has 5 nitrogen and oxygen atoms in total. The van der Waals surface area contributed by atoms with E-state index in [4.69, 9.17) is 0 Å². The summed E-state index contributed by atoms with van der Waals surface area (Å²) < 4.78 is 79.9. The summed E-state index contributed by atoms with van der Waals surface area (Å²) in [6, 6.07) is 5.25. The van der Waals surface area contributed by atoms with Crippen LogP contribution in [0.3, 0.4) is 0 Å². The van der Waals surface area contributed by atoms with Gasteiger partial charge in [0.2, 0.25) is 0 Å². The molecule has 0 saturated carbocycles. The van der Waals surface area contributed by atoms with Crippen LogP contribution in [0.15, 0.2) is 53.9 Å². The van der Waals surface area contributed by atoms with Gasteiger partial charge in [-0.15, -0.1) is 0 Å². The maximum Gasteiger partial charge on any atom is 0.433 e. The maximum absolute atomic E-state index is 13.6. The molecule has 0 radical (unpaired) electrons. The quantitative estimate of drug-likeness (QED) is 0.414. The summed E-state index contributed by atoms with van der Waals surface area (Å²) in [5.74, 6) is -1.32. The highest BCUT2D eigenvalue weighted by Gasteiger charge is 2.33. The Bertz CT molecular complexity index is 1300. The predicted molar refractivity (Wildman–Crippen MR) is 104 cm³/mol. The molecule has 1 unspecified atom stereocenters. The highest BCUT2D eigenvalue weighted by atomic mass is 32.2. The van der Waals surface area contributed by atoms with E-state index in [0.717, 1.165) is 30.6 Å². The monoisotopic (exact) mass is 452 g/mol. The van der Waals surface area contributed by atoms with Crippen molar-refractivity contribution >= 4 is 16.4 Å². The molecule has 160 valence electrons. The number of halogens is 5. The molecule has 1 aromatic carbocycles. The Balaban J connectivity index is 1.85. The maximum atomic E-state index is 13.6. The van der Waals surface area contributed by atoms with E-state index in [0.29, 0.717) is 5.56 Å². The van der Waals surface area contributed by atoms with Crippen LogP contribution in [-0.2, 0) is 17.0 Å². The summed E-state index contributed by atoms with van der Waals surface area (Å²) in [7, 11) is -1.53. The summed E-state index contributed by atoms with van der Waals surface area (Å²) in [4.78, 5) is 12.1. The molecule has 1 atom stereocenters. The molecule has 0 aliphatic carbocycles. The number of imidazole rings is 1. The van der Waals surface area contributed by atoms with Gasteiger partial charge >= 0.3 is 6.18 Å². The second-order valence-corrected chi connectivity index (χ2v) is 8.23. The van der Waals surface area contributed by atoms with Gasteiger partial charge in [0.25, 0.3) is 0 Å². The Morgan fingerprint density at radius 3 is 2.35 bits per heavy atom. The van der Waals surface area contributed by atoms with Gasteiger partial charge in [0.15, 0.2) is 0 Å². The van der Waals surface area contributed by atoms with Crippen LogP contribution >= 0.6 is 0 Å². The zero-order valence-corrected chi connectivity index (χ0v) is 16.6. The Hall–Kier alpha value is -3.21. The minimum Gasteiger partial charge on any atom is -0.290 e. The number of pyridine rings is 1. The van der Waals surface area contributed by atoms with Crippen LogP contribution < -0.4 is 0 Å². The van der Waals surface area contributed by atoms with E-state index in [1.165, 1.54) is 22.9 Å². The largest absolute Gasteiger partial charge is 0.433 e. The van der Waals surface area contributed by atoms with Gasteiger partial charge in [0, 0.05) is 35.8 Å². The third kappa shape index (κ3) is 4.18. The second kappa shape index (κ2) is 7.80. The van der Waals surface area contributed by atoms with Crippen LogP contribution in [-0.4, -0.2) is 29.3 Å². The predicted octanol–water partition coefficient (Wildman–Crippen LogP) is 4.88. The zero-order valence-electron chi connectivity index (χ0n) is 15.8. The number of nitrogens with zero attached hydrogens (tertiary/aromatic N) is 4. The molecule has 31 heavy (non-hydrogen) atoms. The first-order chi connectivity index (χ1) is 14.7. The molecule has 0 N–H and O–H groups in total. The lowest BCUT2D eigenvalue weighted by atomic mass is 10.1. The third-order valence-electron chi connectivity index (χ3n) is 4.44. The van der Waals surface area contributed by atoms with E-state index in [-0.39, 0.29) is 33.2 Å². The van der Waals surface area contributed by atoms with Crippen molar-refractivity contribution in [1.29, 1.82) is 0 Å². The number of benzene rings is 1. The average molecular weight is 452 g/mol. The lowest BCUT2D eigenvalue weighted by Gasteiger charge is -2.09. The molecule has 0 saturated heterocycles. The Kier molecular flexibility index (Phi) is 5.29. The average Bonchev–Trinajstić information content (AvgIpc) is 3.14. The first kappa shape index (κ1) is 21.0. The van der Waals surface area contributed by atoms with Crippen molar-refractivity contribution in [3.05, 3.63) is 66.4 Å². The molecule has 0 fully saturated rings. The molecule has 0 spiro atoms. The lowest BCUT2D eigenvalue weighted by molar-refractivity contribution is -0.141. The topological polar surface area (TPSA) is 60.2 Å². The van der Waals surface area contributed by atoms with Gasteiger partial charge in [0.1, 0.15) is 40.7 Å². The molecule has 0 bridgehead atoms. The van der Waals surface area contributed by atoms with E-state index < -0.39 is 34.3 Å². The molecular formula is C20H13F5N4OS. The van der Waals surface area contributed by atoms with Crippen LogP contribution in [0.25, 0.3) is 28.2 Å². The number of aromatic nitrogens is 4. The summed E-state index contributed by atoms with van der Waals surface area (Å²) in [5, 5.41) is 0. The number of alkyl halides is 3. The molecule has 0 aliphatic heterocycles. The summed E-state index contributed by atoms with van der Waals surface area (Å²) in [6.45, 7) is 1.68. The van der Waals surface area contributed by atoms with Crippen LogP contribution in [0.2, 0.25) is 0 Å². The van der Waals surface area contributed by atoms with E-state index in [1.54, 1.807) is 6.92 Å². The van der Waals surface area contributed by atoms with Crippen molar-refractivity contribution in [2.24, 2.45) is 0 Å². The Morgan fingerprint density at radius 2 is 1.71 bits per heavy atom. The Labute approximate surface area is 175 Å². The first-order valence-electron chi connectivity index (χ1n) is 8.93. The molecule has 3 aromatic heterocycles. The van der Waals surface area contributed by atoms with E-state index in [2.05, 4.69) is 15.0 Å². The van der Waals surface area contributed by atoms with E-state index >= 15 is 0 Å². The summed E-state index contributed by atoms with van der Waals surface area (Å²) >= 11 is 0. The summed E-state index contributed by atoms with van der Waals surface area (Å²) in [6.07, 6.45) is -0.885. The molecule has 0 amide bonds. The SMILES string of the molecule is CCS(=O)c1cc(-c2cc(F)cc(F)c2)cnc1-c1cn2cnc(C(F)(F)F)cc2n1. The fourth-order valence-corrected chi connectivity index (χ4v) is 3.95. The fourth-order valence-electron chi connectivity index (χ4n) is 3.00. The third-order valence-corrected chi connectivity index (χ3v) is 5.76. The van der Waals surface area contributed by atoms with Gasteiger partial charge in [-0.3, -0.25) is 13.6 Å². The highest BCUT2D eigenvalue weighted by molar-refractivity contribution is 7.85. The van der Waals surface area contributed by atoms with E-state index in [1.807, 2.05) is 0 Å². The van der Waals surface area contributed by atoms with Gasteiger partial charge < -0.3 is 0 Å².